The Bertz CT molecular complexity index is 833. The maximum Gasteiger partial charge on any atom is 0.229 e. The van der Waals surface area contributed by atoms with Gasteiger partial charge in [0.1, 0.15) is 5.82 Å². The number of nitrogens with one attached hydrogen (secondary N) is 1. The molecule has 1 heterocycles. The molecule has 122 valence electrons. The third-order valence-corrected chi connectivity index (χ3v) is 4.16. The molecular weight excluding hydrogens is 343 g/mol. The summed E-state index contributed by atoms with van der Waals surface area (Å²) in [4.78, 5) is 11.0. The van der Waals surface area contributed by atoms with Crippen molar-refractivity contribution in [2.24, 2.45) is 0 Å². The fourth-order valence-electron chi connectivity index (χ4n) is 2.29. The van der Waals surface area contributed by atoms with E-state index in [9.17, 15) is 0 Å². The van der Waals surface area contributed by atoms with E-state index in [0.29, 0.717) is 21.7 Å². The molecule has 0 aliphatic heterocycles. The van der Waals surface area contributed by atoms with E-state index in [1.807, 2.05) is 55.3 Å². The Labute approximate surface area is 151 Å². The molecule has 1 N–H and O–H groups in total. The van der Waals surface area contributed by atoms with Crippen LogP contribution in [0.1, 0.15) is 5.69 Å². The summed E-state index contributed by atoms with van der Waals surface area (Å²) in [5.41, 5.74) is 2.48. The smallest absolute Gasteiger partial charge is 0.229 e. The van der Waals surface area contributed by atoms with Crippen LogP contribution < -0.4 is 10.2 Å². The van der Waals surface area contributed by atoms with Gasteiger partial charge in [-0.2, -0.15) is 4.98 Å². The Morgan fingerprint density at radius 2 is 1.58 bits per heavy atom. The van der Waals surface area contributed by atoms with Crippen LogP contribution in [-0.4, -0.2) is 17.0 Å². The number of para-hydroxylation sites is 2. The van der Waals surface area contributed by atoms with Crippen LogP contribution in [0.3, 0.4) is 0 Å². The molecule has 0 radical (unpaired) electrons. The number of nitrogens with zero attached hydrogens (tertiary/aromatic N) is 3. The maximum atomic E-state index is 6.20. The SMILES string of the molecule is Cc1cc(N(C)c2ccccc2)nc(Nc2c(Cl)cccc2Cl)n1. The van der Waals surface area contributed by atoms with Gasteiger partial charge in [-0.15, -0.1) is 0 Å². The summed E-state index contributed by atoms with van der Waals surface area (Å²) in [5.74, 6) is 1.22. The van der Waals surface area contributed by atoms with Crippen LogP contribution in [0.15, 0.2) is 54.6 Å². The van der Waals surface area contributed by atoms with Gasteiger partial charge < -0.3 is 10.2 Å². The largest absolute Gasteiger partial charge is 0.329 e. The molecule has 0 spiro atoms. The second kappa shape index (κ2) is 7.07. The average Bonchev–Trinajstić information content (AvgIpc) is 2.58. The normalized spacial score (nSPS) is 10.5. The van der Waals surface area contributed by atoms with E-state index in [4.69, 9.17) is 23.2 Å². The first-order valence-electron chi connectivity index (χ1n) is 7.40. The molecule has 0 aliphatic rings. The van der Waals surface area contributed by atoms with Crippen LogP contribution in [0, 0.1) is 6.92 Å². The zero-order valence-corrected chi connectivity index (χ0v) is 14.8. The van der Waals surface area contributed by atoms with Crippen molar-refractivity contribution in [3.05, 3.63) is 70.3 Å². The molecule has 6 heteroatoms. The van der Waals surface area contributed by atoms with Gasteiger partial charge >= 0.3 is 0 Å². The number of rotatable bonds is 4. The van der Waals surface area contributed by atoms with Crippen molar-refractivity contribution in [1.29, 1.82) is 0 Å². The van der Waals surface area contributed by atoms with E-state index in [2.05, 4.69) is 15.3 Å². The van der Waals surface area contributed by atoms with Gasteiger partial charge in [0.2, 0.25) is 5.95 Å². The molecule has 3 aromatic rings. The molecule has 4 nitrogen and oxygen atoms in total. The quantitative estimate of drug-likeness (QED) is 0.658. The molecular formula is C18H16Cl2N4. The average molecular weight is 359 g/mol. The molecule has 0 fully saturated rings. The second-order valence-corrected chi connectivity index (χ2v) is 6.12. The van der Waals surface area contributed by atoms with Gasteiger partial charge in [-0.1, -0.05) is 47.5 Å². The van der Waals surface area contributed by atoms with Gasteiger partial charge in [-0.3, -0.25) is 0 Å². The Kier molecular flexibility index (Phi) is 4.88. The Hall–Kier alpha value is -2.30. The fraction of sp³-hybridized carbons (Fsp3) is 0.111. The van der Waals surface area contributed by atoms with E-state index in [1.54, 1.807) is 18.2 Å². The highest BCUT2D eigenvalue weighted by Gasteiger charge is 2.11. The molecule has 24 heavy (non-hydrogen) atoms. The molecule has 1 aromatic heterocycles. The topological polar surface area (TPSA) is 41.1 Å². The van der Waals surface area contributed by atoms with Crippen molar-refractivity contribution < 1.29 is 0 Å². The molecule has 0 aliphatic carbocycles. The zero-order chi connectivity index (χ0) is 17.1. The molecule has 0 saturated heterocycles. The van der Waals surface area contributed by atoms with E-state index in [-0.39, 0.29) is 0 Å². The van der Waals surface area contributed by atoms with Crippen molar-refractivity contribution in [2.45, 2.75) is 6.92 Å². The lowest BCUT2D eigenvalue weighted by atomic mass is 10.3. The maximum absolute atomic E-state index is 6.20. The summed E-state index contributed by atoms with van der Waals surface area (Å²) in [7, 11) is 1.96. The van der Waals surface area contributed by atoms with Crippen molar-refractivity contribution in [3.8, 4) is 0 Å². The van der Waals surface area contributed by atoms with Gasteiger partial charge in [0.25, 0.3) is 0 Å². The van der Waals surface area contributed by atoms with Gasteiger partial charge in [-0.25, -0.2) is 4.98 Å². The minimum absolute atomic E-state index is 0.447. The predicted molar refractivity (Wildman–Crippen MR) is 101 cm³/mol. The van der Waals surface area contributed by atoms with Crippen LogP contribution in [0.2, 0.25) is 10.0 Å². The highest BCUT2D eigenvalue weighted by Crippen LogP contribution is 2.32. The third-order valence-electron chi connectivity index (χ3n) is 3.53. The molecule has 2 aromatic carbocycles. The van der Waals surface area contributed by atoms with Crippen LogP contribution >= 0.6 is 23.2 Å². The van der Waals surface area contributed by atoms with E-state index in [1.165, 1.54) is 0 Å². The van der Waals surface area contributed by atoms with E-state index in [0.717, 1.165) is 17.2 Å². The predicted octanol–water partition coefficient (Wildman–Crippen LogP) is 5.60. The molecule has 0 saturated carbocycles. The number of benzene rings is 2. The van der Waals surface area contributed by atoms with Crippen molar-refractivity contribution in [1.82, 2.24) is 9.97 Å². The lowest BCUT2D eigenvalue weighted by Crippen LogP contribution is -2.13. The van der Waals surface area contributed by atoms with E-state index >= 15 is 0 Å². The third kappa shape index (κ3) is 3.61. The molecule has 0 amide bonds. The standard InChI is InChI=1S/C18H16Cl2N4/c1-12-11-16(24(2)13-7-4-3-5-8-13)22-18(21-12)23-17-14(19)9-6-10-15(17)20/h3-11H,1-2H3,(H,21,22,23). The van der Waals surface area contributed by atoms with Gasteiger partial charge in [0.05, 0.1) is 15.7 Å². The Morgan fingerprint density at radius 3 is 2.25 bits per heavy atom. The summed E-state index contributed by atoms with van der Waals surface area (Å²) in [6.45, 7) is 1.92. The number of hydrogen-bond donors (Lipinski definition) is 1. The van der Waals surface area contributed by atoms with Gasteiger partial charge in [0, 0.05) is 24.5 Å². The number of halogens is 2. The molecule has 0 bridgehead atoms. The lowest BCUT2D eigenvalue weighted by Gasteiger charge is -2.19. The van der Waals surface area contributed by atoms with Crippen molar-refractivity contribution in [3.63, 3.8) is 0 Å². The Balaban J connectivity index is 1.95. The highest BCUT2D eigenvalue weighted by atomic mass is 35.5. The number of aryl methyl sites for hydroxylation is 1. The van der Waals surface area contributed by atoms with Crippen LogP contribution in [0.5, 0.6) is 0 Å². The summed E-state index contributed by atoms with van der Waals surface area (Å²) >= 11 is 12.4. The zero-order valence-electron chi connectivity index (χ0n) is 13.3. The van der Waals surface area contributed by atoms with Crippen molar-refractivity contribution >= 4 is 46.3 Å². The van der Waals surface area contributed by atoms with E-state index < -0.39 is 0 Å². The molecule has 3 rings (SSSR count). The number of hydrogen-bond acceptors (Lipinski definition) is 4. The van der Waals surface area contributed by atoms with Crippen LogP contribution in [-0.2, 0) is 0 Å². The number of aromatic nitrogens is 2. The summed E-state index contributed by atoms with van der Waals surface area (Å²) in [6.07, 6.45) is 0. The Morgan fingerprint density at radius 1 is 0.917 bits per heavy atom. The monoisotopic (exact) mass is 358 g/mol. The van der Waals surface area contributed by atoms with Crippen LogP contribution in [0.25, 0.3) is 0 Å². The number of anilines is 4. The van der Waals surface area contributed by atoms with Crippen LogP contribution in [0.4, 0.5) is 23.1 Å². The van der Waals surface area contributed by atoms with Crippen molar-refractivity contribution in [2.75, 3.05) is 17.3 Å². The first kappa shape index (κ1) is 16.6. The first-order valence-corrected chi connectivity index (χ1v) is 8.15. The highest BCUT2D eigenvalue weighted by molar-refractivity contribution is 6.39. The summed E-state index contributed by atoms with van der Waals surface area (Å²) < 4.78 is 0. The fourth-order valence-corrected chi connectivity index (χ4v) is 2.78. The second-order valence-electron chi connectivity index (χ2n) is 5.31. The summed E-state index contributed by atoms with van der Waals surface area (Å²) in [5, 5.41) is 4.15. The molecule has 0 unspecified atom stereocenters. The summed E-state index contributed by atoms with van der Waals surface area (Å²) in [6, 6.07) is 17.3. The minimum atomic E-state index is 0.447. The lowest BCUT2D eigenvalue weighted by molar-refractivity contribution is 1.05. The minimum Gasteiger partial charge on any atom is -0.329 e. The van der Waals surface area contributed by atoms with Gasteiger partial charge in [-0.05, 0) is 31.2 Å². The first-order chi connectivity index (χ1) is 11.5. The molecule has 0 atom stereocenters. The van der Waals surface area contributed by atoms with Gasteiger partial charge in [0.15, 0.2) is 0 Å².